The summed E-state index contributed by atoms with van der Waals surface area (Å²) in [5.74, 6) is 0. The lowest BCUT2D eigenvalue weighted by Gasteiger charge is -2.05. The number of allylic oxidation sites excluding steroid dienone is 3. The third kappa shape index (κ3) is 15.4. The molecule has 112 valence electrons. The van der Waals surface area contributed by atoms with Crippen molar-refractivity contribution in [1.82, 2.24) is 0 Å². The van der Waals surface area contributed by atoms with Gasteiger partial charge in [0.1, 0.15) is 0 Å². The van der Waals surface area contributed by atoms with E-state index in [4.69, 9.17) is 0 Å². The zero-order valence-electron chi connectivity index (χ0n) is 13.1. The first kappa shape index (κ1) is 18.4. The molecule has 1 N–H and O–H groups in total. The summed E-state index contributed by atoms with van der Waals surface area (Å²) in [6, 6.07) is 0. The number of hydrogen-bond acceptors (Lipinski definition) is 1. The van der Waals surface area contributed by atoms with Crippen LogP contribution in [-0.2, 0) is 0 Å². The zero-order valence-corrected chi connectivity index (χ0v) is 13.1. The second-order valence-corrected chi connectivity index (χ2v) is 5.36. The van der Waals surface area contributed by atoms with Crippen molar-refractivity contribution in [2.24, 2.45) is 0 Å². The van der Waals surface area contributed by atoms with E-state index >= 15 is 0 Å². The third-order valence-electron chi connectivity index (χ3n) is 3.36. The molecule has 0 saturated carbocycles. The summed E-state index contributed by atoms with van der Waals surface area (Å²) in [5, 5.41) is 9.63. The highest BCUT2D eigenvalue weighted by atomic mass is 16.3. The minimum atomic E-state index is -0.221. The van der Waals surface area contributed by atoms with Crippen LogP contribution in [0.4, 0.5) is 0 Å². The van der Waals surface area contributed by atoms with Gasteiger partial charge in [-0.3, -0.25) is 0 Å². The molecule has 0 aliphatic heterocycles. The van der Waals surface area contributed by atoms with Crippen LogP contribution in [0.25, 0.3) is 0 Å². The van der Waals surface area contributed by atoms with E-state index in [0.717, 1.165) is 19.3 Å². The van der Waals surface area contributed by atoms with E-state index in [1.165, 1.54) is 51.4 Å². The first-order valence-electron chi connectivity index (χ1n) is 8.31. The fraction of sp³-hybridized carbons (Fsp3) is 0.778. The molecule has 0 aliphatic carbocycles. The van der Waals surface area contributed by atoms with Crippen molar-refractivity contribution in [3.8, 4) is 0 Å². The van der Waals surface area contributed by atoms with Crippen LogP contribution in [0.3, 0.4) is 0 Å². The Labute approximate surface area is 120 Å². The summed E-state index contributed by atoms with van der Waals surface area (Å²) in [7, 11) is 0. The Balaban J connectivity index is 3.18. The van der Waals surface area contributed by atoms with Crippen LogP contribution in [-0.4, -0.2) is 11.2 Å². The van der Waals surface area contributed by atoms with Crippen molar-refractivity contribution in [2.45, 2.75) is 90.6 Å². The number of unbranched alkanes of at least 4 members (excludes halogenated alkanes) is 7. The molecule has 1 heteroatoms. The van der Waals surface area contributed by atoms with Gasteiger partial charge in [-0.15, -0.1) is 0 Å². The van der Waals surface area contributed by atoms with Gasteiger partial charge in [-0.25, -0.2) is 0 Å². The summed E-state index contributed by atoms with van der Waals surface area (Å²) in [6.07, 6.45) is 21.9. The second kappa shape index (κ2) is 15.5. The minimum absolute atomic E-state index is 0.221. The summed E-state index contributed by atoms with van der Waals surface area (Å²) in [6.45, 7) is 4.34. The van der Waals surface area contributed by atoms with Crippen LogP contribution in [0.2, 0.25) is 0 Å². The molecule has 0 aliphatic rings. The quantitative estimate of drug-likeness (QED) is 0.330. The van der Waals surface area contributed by atoms with Crippen LogP contribution in [0.15, 0.2) is 24.3 Å². The monoisotopic (exact) mass is 266 g/mol. The van der Waals surface area contributed by atoms with Crippen molar-refractivity contribution in [1.29, 1.82) is 0 Å². The van der Waals surface area contributed by atoms with Crippen LogP contribution in [0, 0.1) is 0 Å². The van der Waals surface area contributed by atoms with Crippen molar-refractivity contribution < 1.29 is 5.11 Å². The molecule has 0 radical (unpaired) electrons. The number of aliphatic hydroxyl groups is 1. The zero-order chi connectivity index (χ0) is 14.2. The molecule has 0 heterocycles. The molecule has 19 heavy (non-hydrogen) atoms. The van der Waals surface area contributed by atoms with E-state index in [0.29, 0.717) is 0 Å². The van der Waals surface area contributed by atoms with Crippen molar-refractivity contribution in [2.75, 3.05) is 0 Å². The second-order valence-electron chi connectivity index (χ2n) is 5.36. The molecule has 0 bridgehead atoms. The van der Waals surface area contributed by atoms with E-state index in [2.05, 4.69) is 32.1 Å². The van der Waals surface area contributed by atoms with E-state index in [1.807, 2.05) is 6.08 Å². The lowest BCUT2D eigenvalue weighted by atomic mass is 10.1. The highest BCUT2D eigenvalue weighted by Gasteiger charge is 1.98. The number of aliphatic hydroxyl groups excluding tert-OH is 1. The molecule has 0 saturated heterocycles. The lowest BCUT2D eigenvalue weighted by molar-refractivity contribution is 0.207. The van der Waals surface area contributed by atoms with Gasteiger partial charge >= 0.3 is 0 Å². The molecule has 1 nitrogen and oxygen atoms in total. The van der Waals surface area contributed by atoms with Crippen LogP contribution in [0.5, 0.6) is 0 Å². The van der Waals surface area contributed by atoms with E-state index in [-0.39, 0.29) is 6.10 Å². The first-order chi connectivity index (χ1) is 9.31. The van der Waals surface area contributed by atoms with Crippen molar-refractivity contribution >= 4 is 0 Å². The fourth-order valence-electron chi connectivity index (χ4n) is 2.09. The van der Waals surface area contributed by atoms with Gasteiger partial charge in [-0.1, -0.05) is 76.7 Å². The van der Waals surface area contributed by atoms with Crippen LogP contribution < -0.4 is 0 Å². The molecule has 0 aromatic carbocycles. The summed E-state index contributed by atoms with van der Waals surface area (Å²) in [4.78, 5) is 0. The smallest absolute Gasteiger partial charge is 0.0720 e. The average molecular weight is 266 g/mol. The standard InChI is InChI=1S/C18H34O/c1-3-5-7-8-9-10-11-12-13-14-15-17-18(19)16-6-4-2/h6,8-9,16,18-19H,3-5,7,10-15,17H2,1-2H3/b9-8?,16-6-. The molecule has 0 rings (SSSR count). The lowest BCUT2D eigenvalue weighted by Crippen LogP contribution is -2.01. The Morgan fingerprint density at radius 1 is 0.789 bits per heavy atom. The molecular formula is C18H34O. The Bertz CT molecular complexity index is 218. The van der Waals surface area contributed by atoms with Crippen LogP contribution >= 0.6 is 0 Å². The molecule has 0 fully saturated rings. The molecular weight excluding hydrogens is 232 g/mol. The van der Waals surface area contributed by atoms with Crippen molar-refractivity contribution in [3.63, 3.8) is 0 Å². The van der Waals surface area contributed by atoms with Gasteiger partial charge in [0, 0.05) is 0 Å². The van der Waals surface area contributed by atoms with Gasteiger partial charge < -0.3 is 5.11 Å². The average Bonchev–Trinajstić information content (AvgIpc) is 2.42. The normalized spacial score (nSPS) is 13.6. The summed E-state index contributed by atoms with van der Waals surface area (Å²) in [5.41, 5.74) is 0. The van der Waals surface area contributed by atoms with E-state index < -0.39 is 0 Å². The maximum Gasteiger partial charge on any atom is 0.0720 e. The van der Waals surface area contributed by atoms with E-state index in [9.17, 15) is 5.11 Å². The highest BCUT2D eigenvalue weighted by molar-refractivity contribution is 4.87. The fourth-order valence-corrected chi connectivity index (χ4v) is 2.09. The predicted octanol–water partition coefficient (Wildman–Crippen LogP) is 5.79. The molecule has 0 aromatic rings. The molecule has 0 spiro atoms. The maximum absolute atomic E-state index is 9.63. The SMILES string of the molecule is CC/C=C\C(O)CCCCCCCC=CCCCC. The Morgan fingerprint density at radius 2 is 1.42 bits per heavy atom. The van der Waals surface area contributed by atoms with Crippen molar-refractivity contribution in [3.05, 3.63) is 24.3 Å². The number of rotatable bonds is 13. The topological polar surface area (TPSA) is 20.2 Å². The highest BCUT2D eigenvalue weighted by Crippen LogP contribution is 2.10. The Kier molecular flexibility index (Phi) is 15.0. The van der Waals surface area contributed by atoms with Gasteiger partial charge in [0.25, 0.3) is 0 Å². The largest absolute Gasteiger partial charge is 0.389 e. The van der Waals surface area contributed by atoms with Crippen LogP contribution in [0.1, 0.15) is 84.5 Å². The molecule has 1 unspecified atom stereocenters. The number of hydrogen-bond donors (Lipinski definition) is 1. The van der Waals surface area contributed by atoms with Gasteiger partial charge in [0.2, 0.25) is 0 Å². The summed E-state index contributed by atoms with van der Waals surface area (Å²) >= 11 is 0. The van der Waals surface area contributed by atoms with Gasteiger partial charge in [0.15, 0.2) is 0 Å². The molecule has 0 aromatic heterocycles. The first-order valence-corrected chi connectivity index (χ1v) is 8.31. The van der Waals surface area contributed by atoms with Gasteiger partial charge in [-0.2, -0.15) is 0 Å². The maximum atomic E-state index is 9.63. The predicted molar refractivity (Wildman–Crippen MR) is 86.4 cm³/mol. The minimum Gasteiger partial charge on any atom is -0.389 e. The Hall–Kier alpha value is -0.560. The molecule has 0 amide bonds. The molecule has 1 atom stereocenters. The Morgan fingerprint density at radius 3 is 2.11 bits per heavy atom. The third-order valence-corrected chi connectivity index (χ3v) is 3.36. The van der Waals surface area contributed by atoms with Gasteiger partial charge in [0.05, 0.1) is 6.10 Å². The summed E-state index contributed by atoms with van der Waals surface area (Å²) < 4.78 is 0. The van der Waals surface area contributed by atoms with E-state index in [1.54, 1.807) is 0 Å². The van der Waals surface area contributed by atoms with Gasteiger partial charge in [-0.05, 0) is 32.1 Å².